The molecule has 4 heteroatoms. The van der Waals surface area contributed by atoms with Crippen LogP contribution in [-0.4, -0.2) is 18.5 Å². The van der Waals surface area contributed by atoms with Gasteiger partial charge in [-0.3, -0.25) is 0 Å². The highest BCUT2D eigenvalue weighted by atomic mass is 16.6. The average Bonchev–Trinajstić information content (AvgIpc) is 2.53. The lowest BCUT2D eigenvalue weighted by Crippen LogP contribution is -2.18. The highest BCUT2D eigenvalue weighted by Gasteiger charge is 2.16. The molecule has 1 aliphatic rings. The predicted octanol–water partition coefficient (Wildman–Crippen LogP) is 1.01. The molecule has 1 N–H and O–H groups in total. The maximum atomic E-state index is 10.6. The number of hydrogen-bond donors (Lipinski definition) is 1. The molecule has 1 aliphatic heterocycles. The van der Waals surface area contributed by atoms with E-state index < -0.39 is 12.3 Å². The van der Waals surface area contributed by atoms with E-state index in [4.69, 9.17) is 4.74 Å². The third-order valence-corrected chi connectivity index (χ3v) is 1.61. The van der Waals surface area contributed by atoms with Crippen molar-refractivity contribution in [3.8, 4) is 0 Å². The molecule has 0 aliphatic carbocycles. The molecule has 0 bridgehead atoms. The van der Waals surface area contributed by atoms with E-state index in [0.29, 0.717) is 0 Å². The van der Waals surface area contributed by atoms with E-state index in [1.807, 2.05) is 30.3 Å². The summed E-state index contributed by atoms with van der Waals surface area (Å²) in [6, 6.07) is 9.45. The summed E-state index contributed by atoms with van der Waals surface area (Å²) in [6.45, 7) is 0. The van der Waals surface area contributed by atoms with Crippen molar-refractivity contribution in [2.75, 3.05) is 5.32 Å². The molecular formula is C9H8N2O2. The van der Waals surface area contributed by atoms with Crippen molar-refractivity contribution in [3.05, 3.63) is 30.3 Å². The van der Waals surface area contributed by atoms with Crippen LogP contribution in [0.2, 0.25) is 0 Å². The number of anilines is 1. The number of rotatable bonds is 2. The van der Waals surface area contributed by atoms with Gasteiger partial charge in [-0.2, -0.15) is 0 Å². The first-order valence-corrected chi connectivity index (χ1v) is 3.90. The third kappa shape index (κ3) is 1.84. The highest BCUT2D eigenvalue weighted by Crippen LogP contribution is 2.10. The molecule has 2 rings (SSSR count). The number of carbonyl (C=O) groups excluding carboxylic acids is 1. The first kappa shape index (κ1) is 7.79. The number of benzene rings is 1. The Morgan fingerprint density at radius 3 is 2.69 bits per heavy atom. The topological polar surface area (TPSA) is 50.7 Å². The molecule has 0 saturated carbocycles. The van der Waals surface area contributed by atoms with Gasteiger partial charge in [-0.1, -0.05) is 18.2 Å². The van der Waals surface area contributed by atoms with Crippen molar-refractivity contribution < 1.29 is 9.53 Å². The second-order valence-electron chi connectivity index (χ2n) is 2.58. The van der Waals surface area contributed by atoms with Crippen LogP contribution in [0.15, 0.2) is 35.3 Å². The molecule has 0 spiro atoms. The zero-order chi connectivity index (χ0) is 9.10. The number of para-hydroxylation sites is 1. The number of ether oxygens (including phenoxy) is 1. The Kier molecular flexibility index (Phi) is 1.96. The summed E-state index contributed by atoms with van der Waals surface area (Å²) in [5.41, 5.74) is 0.874. The molecule has 66 valence electrons. The molecule has 1 aromatic carbocycles. The van der Waals surface area contributed by atoms with E-state index in [2.05, 4.69) is 10.3 Å². The van der Waals surface area contributed by atoms with Crippen LogP contribution >= 0.6 is 0 Å². The van der Waals surface area contributed by atoms with E-state index in [0.717, 1.165) is 5.69 Å². The molecular weight excluding hydrogens is 168 g/mol. The van der Waals surface area contributed by atoms with E-state index >= 15 is 0 Å². The highest BCUT2D eigenvalue weighted by molar-refractivity contribution is 6.24. The minimum Gasteiger partial charge on any atom is -0.416 e. The third-order valence-electron chi connectivity index (χ3n) is 1.61. The number of nitrogens with one attached hydrogen (secondary N) is 1. The van der Waals surface area contributed by atoms with E-state index in [-0.39, 0.29) is 0 Å². The number of carbonyl (C=O) groups is 1. The Hall–Kier alpha value is -1.84. The summed E-state index contributed by atoms with van der Waals surface area (Å²) in [6.07, 6.45) is 0.593. The van der Waals surface area contributed by atoms with Gasteiger partial charge in [0.1, 0.15) is 6.21 Å². The fraction of sp³-hybridized carbons (Fsp3) is 0.111. The van der Waals surface area contributed by atoms with Crippen molar-refractivity contribution in [2.45, 2.75) is 6.35 Å². The van der Waals surface area contributed by atoms with Crippen LogP contribution in [0, 0.1) is 0 Å². The quantitative estimate of drug-likeness (QED) is 0.684. The van der Waals surface area contributed by atoms with Crippen molar-refractivity contribution >= 4 is 17.9 Å². The first-order valence-electron chi connectivity index (χ1n) is 3.90. The largest absolute Gasteiger partial charge is 0.416 e. The molecule has 0 saturated heterocycles. The fourth-order valence-electron chi connectivity index (χ4n) is 1.04. The molecule has 0 amide bonds. The molecule has 4 nitrogen and oxygen atoms in total. The van der Waals surface area contributed by atoms with E-state index in [1.165, 1.54) is 6.21 Å². The Morgan fingerprint density at radius 2 is 2.08 bits per heavy atom. The summed E-state index contributed by atoms with van der Waals surface area (Å²) in [7, 11) is 0. The zero-order valence-corrected chi connectivity index (χ0v) is 6.81. The van der Waals surface area contributed by atoms with E-state index in [9.17, 15) is 4.79 Å². The lowest BCUT2D eigenvalue weighted by molar-refractivity contribution is -0.136. The van der Waals surface area contributed by atoms with Gasteiger partial charge in [0, 0.05) is 5.69 Å². The number of aliphatic imine (C=N–C) groups is 1. The van der Waals surface area contributed by atoms with Crippen LogP contribution in [0.25, 0.3) is 0 Å². The summed E-state index contributed by atoms with van der Waals surface area (Å²) in [4.78, 5) is 14.4. The van der Waals surface area contributed by atoms with Gasteiger partial charge in [-0.05, 0) is 12.1 Å². The van der Waals surface area contributed by atoms with Crippen LogP contribution in [0.5, 0.6) is 0 Å². The fourth-order valence-corrected chi connectivity index (χ4v) is 1.04. The zero-order valence-electron chi connectivity index (χ0n) is 6.81. The van der Waals surface area contributed by atoms with Crippen LogP contribution in [-0.2, 0) is 9.53 Å². The van der Waals surface area contributed by atoms with Gasteiger partial charge < -0.3 is 10.1 Å². The minimum absolute atomic E-state index is 0.409. The minimum atomic E-state index is -0.574. The van der Waals surface area contributed by atoms with Gasteiger partial charge in [0.25, 0.3) is 6.35 Å². The number of cyclic esters (lactones) is 1. The standard InChI is InChI=1S/C9H8N2O2/c12-8-6-10-9(13-8)11-7-4-2-1-3-5-7/h1-6,9,11H. The predicted molar refractivity (Wildman–Crippen MR) is 48.4 cm³/mol. The molecule has 13 heavy (non-hydrogen) atoms. The summed E-state index contributed by atoms with van der Waals surface area (Å²) in [5, 5.41) is 2.93. The van der Waals surface area contributed by atoms with Crippen LogP contribution in [0.3, 0.4) is 0 Å². The lowest BCUT2D eigenvalue weighted by atomic mass is 10.3. The van der Waals surface area contributed by atoms with Crippen molar-refractivity contribution in [1.82, 2.24) is 0 Å². The van der Waals surface area contributed by atoms with Crippen LogP contribution < -0.4 is 5.32 Å². The van der Waals surface area contributed by atoms with Crippen molar-refractivity contribution in [3.63, 3.8) is 0 Å². The van der Waals surface area contributed by atoms with E-state index in [1.54, 1.807) is 0 Å². The normalized spacial score (nSPS) is 20.0. The molecule has 1 heterocycles. The van der Waals surface area contributed by atoms with Crippen LogP contribution in [0.4, 0.5) is 5.69 Å². The number of nitrogens with zero attached hydrogens (tertiary/aromatic N) is 1. The summed E-state index contributed by atoms with van der Waals surface area (Å²) >= 11 is 0. The summed E-state index contributed by atoms with van der Waals surface area (Å²) < 4.78 is 4.79. The Morgan fingerprint density at radius 1 is 1.31 bits per heavy atom. The van der Waals surface area contributed by atoms with Gasteiger partial charge in [-0.15, -0.1) is 0 Å². The lowest BCUT2D eigenvalue weighted by Gasteiger charge is -2.09. The Balaban J connectivity index is 2.00. The van der Waals surface area contributed by atoms with Gasteiger partial charge >= 0.3 is 5.97 Å². The smallest absolute Gasteiger partial charge is 0.352 e. The molecule has 1 atom stereocenters. The number of esters is 1. The number of hydrogen-bond acceptors (Lipinski definition) is 4. The van der Waals surface area contributed by atoms with Gasteiger partial charge in [-0.25, -0.2) is 9.79 Å². The Bertz CT molecular complexity index is 335. The molecule has 0 aromatic heterocycles. The maximum Gasteiger partial charge on any atom is 0.352 e. The average molecular weight is 176 g/mol. The van der Waals surface area contributed by atoms with Crippen molar-refractivity contribution in [2.24, 2.45) is 4.99 Å². The first-order chi connectivity index (χ1) is 6.34. The second-order valence-corrected chi connectivity index (χ2v) is 2.58. The molecule has 0 radical (unpaired) electrons. The van der Waals surface area contributed by atoms with Gasteiger partial charge in [0.05, 0.1) is 0 Å². The monoisotopic (exact) mass is 176 g/mol. The second kappa shape index (κ2) is 3.26. The molecule has 1 unspecified atom stereocenters. The van der Waals surface area contributed by atoms with Crippen LogP contribution in [0.1, 0.15) is 0 Å². The van der Waals surface area contributed by atoms with Gasteiger partial charge in [0.15, 0.2) is 0 Å². The van der Waals surface area contributed by atoms with Crippen molar-refractivity contribution in [1.29, 1.82) is 0 Å². The van der Waals surface area contributed by atoms with Gasteiger partial charge in [0.2, 0.25) is 0 Å². The Labute approximate surface area is 75.2 Å². The maximum absolute atomic E-state index is 10.6. The summed E-state index contributed by atoms with van der Waals surface area (Å²) in [5.74, 6) is -0.409. The molecule has 0 fully saturated rings. The molecule has 1 aromatic rings. The SMILES string of the molecule is O=C1C=NC(Nc2ccccc2)O1.